The van der Waals surface area contributed by atoms with Crippen molar-refractivity contribution in [3.63, 3.8) is 0 Å². The number of amides is 2. The first-order chi connectivity index (χ1) is 8.73. The van der Waals surface area contributed by atoms with E-state index in [0.29, 0.717) is 12.8 Å². The summed E-state index contributed by atoms with van der Waals surface area (Å²) in [6.45, 7) is 5.49. The zero-order valence-electron chi connectivity index (χ0n) is 11.6. The van der Waals surface area contributed by atoms with Crippen LogP contribution in [-0.4, -0.2) is 28.9 Å². The van der Waals surface area contributed by atoms with E-state index in [4.69, 9.17) is 10.8 Å². The van der Waals surface area contributed by atoms with Crippen LogP contribution in [0, 0.1) is 23.7 Å². The summed E-state index contributed by atoms with van der Waals surface area (Å²) >= 11 is 0. The van der Waals surface area contributed by atoms with Crippen molar-refractivity contribution < 1.29 is 19.5 Å². The lowest BCUT2D eigenvalue weighted by Gasteiger charge is -2.22. The quantitative estimate of drug-likeness (QED) is 0.670. The molecule has 1 aliphatic rings. The van der Waals surface area contributed by atoms with Gasteiger partial charge in [0.2, 0.25) is 11.8 Å². The maximum atomic E-state index is 12.1. The fourth-order valence-electron chi connectivity index (χ4n) is 2.68. The molecular weight excluding hydrogens is 248 g/mol. The van der Waals surface area contributed by atoms with Crippen LogP contribution < -0.4 is 11.1 Å². The van der Waals surface area contributed by atoms with Gasteiger partial charge in [0.15, 0.2) is 0 Å². The van der Waals surface area contributed by atoms with E-state index in [9.17, 15) is 14.4 Å². The topological polar surface area (TPSA) is 109 Å². The lowest BCUT2D eigenvalue weighted by Crippen LogP contribution is -2.50. The van der Waals surface area contributed by atoms with Gasteiger partial charge in [-0.3, -0.25) is 14.4 Å². The van der Waals surface area contributed by atoms with Crippen LogP contribution in [0.4, 0.5) is 0 Å². The van der Waals surface area contributed by atoms with Crippen LogP contribution in [0.15, 0.2) is 0 Å². The molecule has 1 aliphatic carbocycles. The van der Waals surface area contributed by atoms with Crippen molar-refractivity contribution in [2.75, 3.05) is 0 Å². The lowest BCUT2D eigenvalue weighted by atomic mass is 9.94. The molecule has 2 unspecified atom stereocenters. The molecule has 0 radical (unpaired) electrons. The van der Waals surface area contributed by atoms with Crippen LogP contribution in [0.25, 0.3) is 0 Å². The van der Waals surface area contributed by atoms with Gasteiger partial charge in [-0.2, -0.15) is 0 Å². The summed E-state index contributed by atoms with van der Waals surface area (Å²) in [7, 11) is 0. The third-order valence-electron chi connectivity index (χ3n) is 3.72. The van der Waals surface area contributed by atoms with Gasteiger partial charge in [0.05, 0.1) is 11.8 Å². The predicted octanol–water partition coefficient (Wildman–Crippen LogP) is 0.359. The van der Waals surface area contributed by atoms with Gasteiger partial charge in [-0.15, -0.1) is 0 Å². The summed E-state index contributed by atoms with van der Waals surface area (Å²) in [5.74, 6) is -3.10. The Balaban J connectivity index is 2.76. The highest BCUT2D eigenvalue weighted by Crippen LogP contribution is 2.36. The first-order valence-electron chi connectivity index (χ1n) is 6.56. The van der Waals surface area contributed by atoms with Gasteiger partial charge >= 0.3 is 5.97 Å². The number of carbonyl (C=O) groups is 3. The molecule has 19 heavy (non-hydrogen) atoms. The monoisotopic (exact) mass is 270 g/mol. The van der Waals surface area contributed by atoms with Crippen LogP contribution in [0.5, 0.6) is 0 Å². The number of carbonyl (C=O) groups excluding carboxylic acids is 2. The number of aliphatic carboxylic acids is 1. The fraction of sp³-hybridized carbons (Fsp3) is 0.769. The van der Waals surface area contributed by atoms with Crippen molar-refractivity contribution in [3.05, 3.63) is 0 Å². The third-order valence-corrected chi connectivity index (χ3v) is 3.72. The molecule has 2 amide bonds. The number of primary amides is 1. The number of nitrogens with one attached hydrogen (secondary N) is 1. The molecule has 0 aromatic carbocycles. The van der Waals surface area contributed by atoms with E-state index in [1.54, 1.807) is 13.8 Å². The van der Waals surface area contributed by atoms with Crippen molar-refractivity contribution in [3.8, 4) is 0 Å². The van der Waals surface area contributed by atoms with E-state index in [2.05, 4.69) is 5.32 Å². The summed E-state index contributed by atoms with van der Waals surface area (Å²) in [5, 5.41) is 11.7. The molecule has 108 valence electrons. The van der Waals surface area contributed by atoms with Crippen LogP contribution >= 0.6 is 0 Å². The molecule has 0 spiro atoms. The van der Waals surface area contributed by atoms with Gasteiger partial charge in [-0.25, -0.2) is 0 Å². The van der Waals surface area contributed by atoms with Crippen LogP contribution in [0.1, 0.15) is 33.6 Å². The molecule has 1 rings (SSSR count). The number of nitrogens with two attached hydrogens (primary N) is 1. The first kappa shape index (κ1) is 15.5. The fourth-order valence-corrected chi connectivity index (χ4v) is 2.68. The number of carboxylic acid groups (broad SMARTS) is 1. The number of hydrogen-bond acceptors (Lipinski definition) is 3. The largest absolute Gasteiger partial charge is 0.481 e. The van der Waals surface area contributed by atoms with Gasteiger partial charge in [0, 0.05) is 0 Å². The zero-order chi connectivity index (χ0) is 14.7. The van der Waals surface area contributed by atoms with Crippen LogP contribution in [0.2, 0.25) is 0 Å². The minimum absolute atomic E-state index is 0.122. The highest BCUT2D eigenvalue weighted by Gasteiger charge is 2.42. The van der Waals surface area contributed by atoms with E-state index in [1.165, 1.54) is 0 Å². The molecule has 1 saturated carbocycles. The van der Waals surface area contributed by atoms with Gasteiger partial charge < -0.3 is 16.2 Å². The molecule has 0 heterocycles. The summed E-state index contributed by atoms with van der Waals surface area (Å²) in [4.78, 5) is 34.5. The van der Waals surface area contributed by atoms with Crippen molar-refractivity contribution in [2.24, 2.45) is 29.4 Å². The second-order valence-electron chi connectivity index (χ2n) is 5.76. The Bertz CT molecular complexity index is 381. The van der Waals surface area contributed by atoms with Gasteiger partial charge in [0.25, 0.3) is 0 Å². The van der Waals surface area contributed by atoms with Gasteiger partial charge in [-0.05, 0) is 24.7 Å². The SMILES string of the molecule is CC1C[C@H](C(=O)NC(C(N)=O)C(C)C)[C@H](C(=O)O)C1. The van der Waals surface area contributed by atoms with Crippen molar-refractivity contribution in [2.45, 2.75) is 39.7 Å². The Labute approximate surface area is 112 Å². The molecular formula is C13H22N2O4. The molecule has 4 N–H and O–H groups in total. The average Bonchev–Trinajstić information content (AvgIpc) is 2.67. The summed E-state index contributed by atoms with van der Waals surface area (Å²) in [5.41, 5.74) is 5.24. The average molecular weight is 270 g/mol. The number of hydrogen-bond donors (Lipinski definition) is 3. The van der Waals surface area contributed by atoms with Gasteiger partial charge in [0.1, 0.15) is 6.04 Å². The smallest absolute Gasteiger partial charge is 0.307 e. The standard InChI is InChI=1S/C13H22N2O4/c1-6(2)10(11(14)16)15-12(17)8-4-7(3)5-9(8)13(18)19/h6-10H,4-5H2,1-3H3,(H2,14,16)(H,15,17)(H,18,19)/t7?,8-,9+,10?/m0/s1. The van der Waals surface area contributed by atoms with Crippen molar-refractivity contribution in [1.82, 2.24) is 5.32 Å². The van der Waals surface area contributed by atoms with Gasteiger partial charge in [-0.1, -0.05) is 20.8 Å². The summed E-state index contributed by atoms with van der Waals surface area (Å²) < 4.78 is 0. The molecule has 0 bridgehead atoms. The number of carboxylic acids is 1. The van der Waals surface area contributed by atoms with Crippen molar-refractivity contribution >= 4 is 17.8 Å². The van der Waals surface area contributed by atoms with E-state index >= 15 is 0 Å². The second-order valence-corrected chi connectivity index (χ2v) is 5.76. The molecule has 4 atom stereocenters. The minimum atomic E-state index is -0.954. The molecule has 1 fully saturated rings. The number of rotatable bonds is 5. The van der Waals surface area contributed by atoms with Crippen LogP contribution in [-0.2, 0) is 14.4 Å². The normalized spacial score (nSPS) is 28.1. The summed E-state index contributed by atoms with van der Waals surface area (Å²) in [6.07, 6.45) is 1.03. The van der Waals surface area contributed by atoms with E-state index in [1.807, 2.05) is 6.92 Å². The zero-order valence-corrected chi connectivity index (χ0v) is 11.6. The highest BCUT2D eigenvalue weighted by molar-refractivity contribution is 5.90. The Morgan fingerprint density at radius 2 is 1.74 bits per heavy atom. The third kappa shape index (κ3) is 3.68. The molecule has 6 nitrogen and oxygen atoms in total. The molecule has 0 aromatic heterocycles. The molecule has 0 saturated heterocycles. The minimum Gasteiger partial charge on any atom is -0.481 e. The Hall–Kier alpha value is -1.59. The van der Waals surface area contributed by atoms with E-state index < -0.39 is 29.8 Å². The van der Waals surface area contributed by atoms with Crippen LogP contribution in [0.3, 0.4) is 0 Å². The lowest BCUT2D eigenvalue weighted by molar-refractivity contribution is -0.146. The predicted molar refractivity (Wildman–Crippen MR) is 69.0 cm³/mol. The summed E-state index contributed by atoms with van der Waals surface area (Å²) in [6, 6.07) is -0.752. The van der Waals surface area contributed by atoms with E-state index in [-0.39, 0.29) is 17.7 Å². The Morgan fingerprint density at radius 1 is 1.21 bits per heavy atom. The Kier molecular flexibility index (Phi) is 4.91. The van der Waals surface area contributed by atoms with Crippen molar-refractivity contribution in [1.29, 1.82) is 0 Å². The molecule has 0 aromatic rings. The maximum Gasteiger partial charge on any atom is 0.307 e. The second kappa shape index (κ2) is 6.04. The first-order valence-corrected chi connectivity index (χ1v) is 6.56. The Morgan fingerprint density at radius 3 is 2.16 bits per heavy atom. The van der Waals surface area contributed by atoms with E-state index in [0.717, 1.165) is 0 Å². The molecule has 6 heteroatoms. The molecule has 0 aliphatic heterocycles. The highest BCUT2D eigenvalue weighted by atomic mass is 16.4. The maximum absolute atomic E-state index is 12.1.